The van der Waals surface area contributed by atoms with Crippen molar-refractivity contribution < 1.29 is 9.53 Å². The largest absolute Gasteiger partial charge is 0.468 e. The van der Waals surface area contributed by atoms with E-state index in [2.05, 4.69) is 9.72 Å². The molecular weight excluding hydrogens is 190 g/mol. The summed E-state index contributed by atoms with van der Waals surface area (Å²) in [4.78, 5) is 13.9. The molecule has 4 heteroatoms. The topological polar surface area (TPSA) is 39.2 Å². The number of nitrogens with zero attached hydrogens (tertiary/aromatic N) is 1. The number of carbonyl (C=O) groups excluding carboxylic acids is 1. The average molecular weight is 200 g/mol. The summed E-state index contributed by atoms with van der Waals surface area (Å²) in [5.74, 6) is 0. The molecule has 0 spiro atoms. The number of aromatic nitrogens is 1. The molecule has 1 heterocycles. The summed E-state index contributed by atoms with van der Waals surface area (Å²) in [6.07, 6.45) is 3.21. The van der Waals surface area contributed by atoms with Crippen molar-refractivity contribution in [2.75, 3.05) is 6.61 Å². The van der Waals surface area contributed by atoms with Gasteiger partial charge in [0, 0.05) is 16.9 Å². The zero-order chi connectivity index (χ0) is 9.52. The number of hydrogen-bond acceptors (Lipinski definition) is 3. The van der Waals surface area contributed by atoms with Gasteiger partial charge in [0.25, 0.3) is 6.47 Å². The summed E-state index contributed by atoms with van der Waals surface area (Å²) in [7, 11) is 0. The van der Waals surface area contributed by atoms with Gasteiger partial charge in [-0.3, -0.25) is 9.78 Å². The first-order chi connectivity index (χ1) is 6.33. The number of halogens is 1. The molecule has 0 aliphatic carbocycles. The Balaban J connectivity index is 2.32. The van der Waals surface area contributed by atoms with Crippen molar-refractivity contribution >= 4 is 18.1 Å². The van der Waals surface area contributed by atoms with E-state index in [1.54, 1.807) is 12.3 Å². The monoisotopic (exact) mass is 199 g/mol. The lowest BCUT2D eigenvalue weighted by Crippen LogP contribution is -1.96. The van der Waals surface area contributed by atoms with Gasteiger partial charge in [0.2, 0.25) is 0 Å². The predicted molar refractivity (Wildman–Crippen MR) is 49.6 cm³/mol. The summed E-state index contributed by atoms with van der Waals surface area (Å²) in [5, 5.41) is 0.682. The third-order valence-electron chi connectivity index (χ3n) is 1.54. The van der Waals surface area contributed by atoms with Crippen molar-refractivity contribution in [1.82, 2.24) is 4.98 Å². The lowest BCUT2D eigenvalue weighted by atomic mass is 10.2. The van der Waals surface area contributed by atoms with Crippen LogP contribution in [0.5, 0.6) is 0 Å². The van der Waals surface area contributed by atoms with Crippen LogP contribution < -0.4 is 0 Å². The highest BCUT2D eigenvalue weighted by atomic mass is 35.5. The molecule has 0 atom stereocenters. The first-order valence-corrected chi connectivity index (χ1v) is 4.36. The Morgan fingerprint density at radius 1 is 1.62 bits per heavy atom. The molecule has 0 amide bonds. The molecule has 0 aliphatic heterocycles. The van der Waals surface area contributed by atoms with E-state index in [0.717, 1.165) is 18.5 Å². The van der Waals surface area contributed by atoms with Crippen LogP contribution in [0.3, 0.4) is 0 Å². The molecule has 1 aromatic rings. The van der Waals surface area contributed by atoms with Crippen molar-refractivity contribution in [2.45, 2.75) is 12.8 Å². The highest BCUT2D eigenvalue weighted by molar-refractivity contribution is 6.30. The first kappa shape index (κ1) is 9.99. The number of carbonyl (C=O) groups is 1. The van der Waals surface area contributed by atoms with Gasteiger partial charge in [-0.1, -0.05) is 11.6 Å². The van der Waals surface area contributed by atoms with Gasteiger partial charge in [0.15, 0.2) is 0 Å². The summed E-state index contributed by atoms with van der Waals surface area (Å²) >= 11 is 5.76. The molecule has 70 valence electrons. The van der Waals surface area contributed by atoms with Crippen LogP contribution in [-0.2, 0) is 16.0 Å². The molecule has 0 radical (unpaired) electrons. The van der Waals surface area contributed by atoms with E-state index in [1.165, 1.54) is 0 Å². The lowest BCUT2D eigenvalue weighted by molar-refractivity contribution is -0.128. The van der Waals surface area contributed by atoms with E-state index in [-0.39, 0.29) is 0 Å². The number of pyridine rings is 1. The van der Waals surface area contributed by atoms with Gasteiger partial charge in [0.1, 0.15) is 0 Å². The molecule has 3 nitrogen and oxygen atoms in total. The molecule has 0 bridgehead atoms. The zero-order valence-electron chi connectivity index (χ0n) is 7.07. The van der Waals surface area contributed by atoms with Crippen LogP contribution in [0.15, 0.2) is 18.3 Å². The predicted octanol–water partition coefficient (Wildman–Crippen LogP) is 1.84. The third-order valence-corrected chi connectivity index (χ3v) is 1.78. The van der Waals surface area contributed by atoms with Gasteiger partial charge in [0.05, 0.1) is 6.61 Å². The SMILES string of the molecule is O=COCCCc1cc(Cl)ccn1. The molecule has 13 heavy (non-hydrogen) atoms. The highest BCUT2D eigenvalue weighted by Gasteiger charge is 1.95. The molecule has 0 fully saturated rings. The molecule has 0 saturated carbocycles. The molecule has 0 aliphatic rings. The Morgan fingerprint density at radius 3 is 3.15 bits per heavy atom. The Morgan fingerprint density at radius 2 is 2.46 bits per heavy atom. The van der Waals surface area contributed by atoms with Crippen LogP contribution >= 0.6 is 11.6 Å². The van der Waals surface area contributed by atoms with Crippen LogP contribution in [0, 0.1) is 0 Å². The molecular formula is C9H10ClNO2. The molecule has 0 aromatic carbocycles. The molecule has 1 rings (SSSR count). The summed E-state index contributed by atoms with van der Waals surface area (Å²) < 4.78 is 4.54. The van der Waals surface area contributed by atoms with E-state index in [4.69, 9.17) is 11.6 Å². The lowest BCUT2D eigenvalue weighted by Gasteiger charge is -1.99. The Bertz CT molecular complexity index is 278. The van der Waals surface area contributed by atoms with Crippen LogP contribution in [0.4, 0.5) is 0 Å². The number of rotatable bonds is 5. The number of ether oxygens (including phenoxy) is 1. The second kappa shape index (κ2) is 5.54. The van der Waals surface area contributed by atoms with Crippen molar-refractivity contribution in [2.24, 2.45) is 0 Å². The highest BCUT2D eigenvalue weighted by Crippen LogP contribution is 2.09. The van der Waals surface area contributed by atoms with E-state index < -0.39 is 0 Å². The van der Waals surface area contributed by atoms with Crippen molar-refractivity contribution in [1.29, 1.82) is 0 Å². The van der Waals surface area contributed by atoms with Gasteiger partial charge >= 0.3 is 0 Å². The fraction of sp³-hybridized carbons (Fsp3) is 0.333. The van der Waals surface area contributed by atoms with E-state index in [0.29, 0.717) is 18.1 Å². The van der Waals surface area contributed by atoms with Crippen molar-refractivity contribution in [3.63, 3.8) is 0 Å². The zero-order valence-corrected chi connectivity index (χ0v) is 7.83. The Labute approximate surface area is 81.7 Å². The van der Waals surface area contributed by atoms with Gasteiger partial charge in [-0.2, -0.15) is 0 Å². The smallest absolute Gasteiger partial charge is 0.293 e. The van der Waals surface area contributed by atoms with E-state index in [9.17, 15) is 4.79 Å². The Hall–Kier alpha value is -1.09. The van der Waals surface area contributed by atoms with Crippen molar-refractivity contribution in [3.8, 4) is 0 Å². The second-order valence-electron chi connectivity index (χ2n) is 2.54. The maximum atomic E-state index is 9.81. The minimum Gasteiger partial charge on any atom is -0.468 e. The van der Waals surface area contributed by atoms with Crippen molar-refractivity contribution in [3.05, 3.63) is 29.0 Å². The minimum absolute atomic E-state index is 0.428. The van der Waals surface area contributed by atoms with Crippen LogP contribution in [0.1, 0.15) is 12.1 Å². The molecule has 0 saturated heterocycles. The quantitative estimate of drug-likeness (QED) is 0.537. The normalized spacial score (nSPS) is 9.62. The van der Waals surface area contributed by atoms with Gasteiger partial charge in [-0.05, 0) is 25.0 Å². The van der Waals surface area contributed by atoms with Gasteiger partial charge < -0.3 is 4.74 Å². The minimum atomic E-state index is 0.428. The van der Waals surface area contributed by atoms with Crippen LogP contribution in [0.25, 0.3) is 0 Å². The maximum Gasteiger partial charge on any atom is 0.293 e. The molecule has 0 unspecified atom stereocenters. The van der Waals surface area contributed by atoms with E-state index >= 15 is 0 Å². The molecule has 0 N–H and O–H groups in total. The fourth-order valence-corrected chi connectivity index (χ4v) is 1.15. The maximum absolute atomic E-state index is 9.81. The summed E-state index contributed by atoms with van der Waals surface area (Å²) in [6.45, 7) is 0.878. The van der Waals surface area contributed by atoms with E-state index in [1.807, 2.05) is 6.07 Å². The standard InChI is InChI=1S/C9H10ClNO2/c10-8-3-4-11-9(6-8)2-1-5-13-7-12/h3-4,6-7H,1-2,5H2. The average Bonchev–Trinajstić information content (AvgIpc) is 2.13. The van der Waals surface area contributed by atoms with Crippen LogP contribution in [-0.4, -0.2) is 18.1 Å². The Kier molecular flexibility index (Phi) is 4.26. The van der Waals surface area contributed by atoms with Crippen LogP contribution in [0.2, 0.25) is 5.02 Å². The number of hydrogen-bond donors (Lipinski definition) is 0. The summed E-state index contributed by atoms with van der Waals surface area (Å²) in [6, 6.07) is 3.54. The van der Waals surface area contributed by atoms with Gasteiger partial charge in [-0.15, -0.1) is 0 Å². The molecule has 1 aromatic heterocycles. The number of aryl methyl sites for hydroxylation is 1. The van der Waals surface area contributed by atoms with Gasteiger partial charge in [-0.25, -0.2) is 0 Å². The third kappa shape index (κ3) is 3.90. The fourth-order valence-electron chi connectivity index (χ4n) is 0.970. The first-order valence-electron chi connectivity index (χ1n) is 3.98. The second-order valence-corrected chi connectivity index (χ2v) is 2.97. The summed E-state index contributed by atoms with van der Waals surface area (Å²) in [5.41, 5.74) is 0.919.